The molecule has 0 bridgehead atoms. The van der Waals surface area contributed by atoms with Gasteiger partial charge in [-0.15, -0.1) is 11.3 Å². The molecule has 156 valence electrons. The van der Waals surface area contributed by atoms with E-state index >= 15 is 0 Å². The van der Waals surface area contributed by atoms with E-state index < -0.39 is 0 Å². The Kier molecular flexibility index (Phi) is 7.76. The molecule has 0 fully saturated rings. The summed E-state index contributed by atoms with van der Waals surface area (Å²) < 4.78 is 0. The highest BCUT2D eigenvalue weighted by molar-refractivity contribution is 7.12. The molecule has 1 heterocycles. The summed E-state index contributed by atoms with van der Waals surface area (Å²) in [6, 6.07) is 21.0. The summed E-state index contributed by atoms with van der Waals surface area (Å²) in [5.74, 6) is -0.416. The first-order valence-corrected chi connectivity index (χ1v) is 11.0. The van der Waals surface area contributed by atoms with E-state index in [0.717, 1.165) is 13.1 Å². The first-order valence-electron chi connectivity index (χ1n) is 10.1. The van der Waals surface area contributed by atoms with Gasteiger partial charge in [0.05, 0.1) is 22.2 Å². The van der Waals surface area contributed by atoms with E-state index in [0.29, 0.717) is 22.7 Å². The normalized spacial score (nSPS) is 11.8. The van der Waals surface area contributed by atoms with Crippen LogP contribution in [0.25, 0.3) is 0 Å². The number of hydrogen-bond donors (Lipinski definition) is 2. The van der Waals surface area contributed by atoms with Crippen LogP contribution in [0.4, 0.5) is 5.69 Å². The van der Waals surface area contributed by atoms with Crippen LogP contribution in [0.5, 0.6) is 0 Å². The van der Waals surface area contributed by atoms with E-state index in [1.165, 1.54) is 16.9 Å². The number of likely N-dealkylation sites (N-methyl/N-ethyl adjacent to an activating group) is 1. The number of benzene rings is 2. The number of hydrogen-bond acceptors (Lipinski definition) is 4. The van der Waals surface area contributed by atoms with Gasteiger partial charge in [0.25, 0.3) is 11.8 Å². The Hall–Kier alpha value is -2.96. The summed E-state index contributed by atoms with van der Waals surface area (Å²) in [6.07, 6.45) is 0. The zero-order valence-corrected chi connectivity index (χ0v) is 18.1. The Labute approximate surface area is 181 Å². The maximum atomic E-state index is 13.0. The fourth-order valence-electron chi connectivity index (χ4n) is 3.46. The molecule has 0 saturated heterocycles. The fraction of sp³-hybridized carbons (Fsp3) is 0.250. The van der Waals surface area contributed by atoms with Gasteiger partial charge in [0.1, 0.15) is 0 Å². The molecule has 0 aliphatic heterocycles. The van der Waals surface area contributed by atoms with Gasteiger partial charge >= 0.3 is 0 Å². The molecule has 3 aromatic rings. The van der Waals surface area contributed by atoms with E-state index in [9.17, 15) is 9.59 Å². The molecule has 3 rings (SSSR count). The average molecular weight is 422 g/mol. The van der Waals surface area contributed by atoms with Gasteiger partial charge in [0, 0.05) is 6.54 Å². The van der Waals surface area contributed by atoms with Crippen LogP contribution in [-0.2, 0) is 0 Å². The van der Waals surface area contributed by atoms with Crippen molar-refractivity contribution in [3.8, 4) is 0 Å². The summed E-state index contributed by atoms with van der Waals surface area (Å²) in [5, 5.41) is 7.78. The largest absolute Gasteiger partial charge is 0.350 e. The number of carbonyl (C=O) groups is 2. The molecule has 30 heavy (non-hydrogen) atoms. The SMILES string of the molecule is CCN(CC)C(CNC(=O)c1ccccc1NC(=O)c1cccs1)c1ccccc1. The first-order chi connectivity index (χ1) is 14.6. The summed E-state index contributed by atoms with van der Waals surface area (Å²) in [6.45, 7) is 6.50. The Morgan fingerprint density at radius 2 is 1.60 bits per heavy atom. The van der Waals surface area contributed by atoms with Crippen molar-refractivity contribution >= 4 is 28.8 Å². The number of carbonyl (C=O) groups excluding carboxylic acids is 2. The Morgan fingerprint density at radius 1 is 0.900 bits per heavy atom. The minimum atomic E-state index is -0.212. The number of anilines is 1. The standard InChI is InChI=1S/C24H27N3O2S/c1-3-27(4-2)21(18-11-6-5-7-12-18)17-25-23(28)19-13-8-9-14-20(19)26-24(29)22-15-10-16-30-22/h5-16,21H,3-4,17H2,1-2H3,(H,25,28)(H,26,29). The van der Waals surface area contributed by atoms with Crippen molar-refractivity contribution in [1.29, 1.82) is 0 Å². The lowest BCUT2D eigenvalue weighted by atomic mass is 10.0. The van der Waals surface area contributed by atoms with Crippen LogP contribution >= 0.6 is 11.3 Å². The average Bonchev–Trinajstić information content (AvgIpc) is 3.32. The van der Waals surface area contributed by atoms with Crippen LogP contribution in [-0.4, -0.2) is 36.3 Å². The fourth-order valence-corrected chi connectivity index (χ4v) is 4.08. The molecule has 1 aromatic heterocycles. The Bertz CT molecular complexity index is 954. The Balaban J connectivity index is 1.74. The molecule has 2 aromatic carbocycles. The highest BCUT2D eigenvalue weighted by Gasteiger charge is 2.20. The Morgan fingerprint density at radius 3 is 2.27 bits per heavy atom. The second-order valence-corrected chi connectivity index (χ2v) is 7.78. The first kappa shape index (κ1) is 21.7. The van der Waals surface area contributed by atoms with Crippen molar-refractivity contribution in [1.82, 2.24) is 10.2 Å². The summed E-state index contributed by atoms with van der Waals surface area (Å²) in [4.78, 5) is 28.3. The van der Waals surface area contributed by atoms with Crippen LogP contribution in [0, 0.1) is 0 Å². The summed E-state index contributed by atoms with van der Waals surface area (Å²) in [5.41, 5.74) is 2.13. The molecule has 1 unspecified atom stereocenters. The smallest absolute Gasteiger partial charge is 0.265 e. The minimum Gasteiger partial charge on any atom is -0.350 e. The van der Waals surface area contributed by atoms with Crippen LogP contribution in [0.3, 0.4) is 0 Å². The van der Waals surface area contributed by atoms with Crippen LogP contribution in [0.15, 0.2) is 72.1 Å². The lowest BCUT2D eigenvalue weighted by Crippen LogP contribution is -2.38. The molecule has 5 nitrogen and oxygen atoms in total. The quantitative estimate of drug-likeness (QED) is 0.521. The molecule has 0 aliphatic carbocycles. The molecule has 0 spiro atoms. The van der Waals surface area contributed by atoms with Crippen LogP contribution in [0.1, 0.15) is 45.5 Å². The van der Waals surface area contributed by atoms with Gasteiger partial charge in [-0.3, -0.25) is 14.5 Å². The van der Waals surface area contributed by atoms with Crippen LogP contribution in [0.2, 0.25) is 0 Å². The highest BCUT2D eigenvalue weighted by atomic mass is 32.1. The second-order valence-electron chi connectivity index (χ2n) is 6.83. The van der Waals surface area contributed by atoms with Crippen molar-refractivity contribution < 1.29 is 9.59 Å². The predicted octanol–water partition coefficient (Wildman–Crippen LogP) is 4.81. The molecule has 2 amide bonds. The topological polar surface area (TPSA) is 61.4 Å². The van der Waals surface area contributed by atoms with Gasteiger partial charge in [-0.1, -0.05) is 62.4 Å². The molecule has 2 N–H and O–H groups in total. The molecule has 0 aliphatic rings. The van der Waals surface area contributed by atoms with Gasteiger partial charge in [-0.25, -0.2) is 0 Å². The third-order valence-electron chi connectivity index (χ3n) is 5.06. The van der Waals surface area contributed by atoms with E-state index in [1.807, 2.05) is 35.7 Å². The van der Waals surface area contributed by atoms with Gasteiger partial charge in [-0.2, -0.15) is 0 Å². The molecule has 1 atom stereocenters. The van der Waals surface area contributed by atoms with E-state index in [-0.39, 0.29) is 17.9 Å². The summed E-state index contributed by atoms with van der Waals surface area (Å²) in [7, 11) is 0. The molecular weight excluding hydrogens is 394 g/mol. The third kappa shape index (κ3) is 5.34. The van der Waals surface area contributed by atoms with E-state index in [4.69, 9.17) is 0 Å². The molecule has 0 radical (unpaired) electrons. The minimum absolute atomic E-state index is 0.0815. The lowest BCUT2D eigenvalue weighted by molar-refractivity contribution is 0.0936. The molecule has 0 saturated carbocycles. The van der Waals surface area contributed by atoms with Gasteiger partial charge in [0.2, 0.25) is 0 Å². The van der Waals surface area contributed by atoms with Gasteiger partial charge in [0.15, 0.2) is 0 Å². The monoisotopic (exact) mass is 421 g/mol. The van der Waals surface area contributed by atoms with E-state index in [1.54, 1.807) is 24.3 Å². The zero-order chi connectivity index (χ0) is 21.3. The number of amides is 2. The zero-order valence-electron chi connectivity index (χ0n) is 17.3. The predicted molar refractivity (Wildman–Crippen MR) is 123 cm³/mol. The summed E-state index contributed by atoms with van der Waals surface area (Å²) >= 11 is 1.37. The lowest BCUT2D eigenvalue weighted by Gasteiger charge is -2.30. The highest BCUT2D eigenvalue weighted by Crippen LogP contribution is 2.21. The third-order valence-corrected chi connectivity index (χ3v) is 5.93. The maximum Gasteiger partial charge on any atom is 0.265 e. The second kappa shape index (κ2) is 10.7. The van der Waals surface area contributed by atoms with Crippen molar-refractivity contribution in [2.24, 2.45) is 0 Å². The number of nitrogens with one attached hydrogen (secondary N) is 2. The van der Waals surface area contributed by atoms with E-state index in [2.05, 4.69) is 41.5 Å². The maximum absolute atomic E-state index is 13.0. The van der Waals surface area contributed by atoms with Crippen molar-refractivity contribution in [3.63, 3.8) is 0 Å². The number of nitrogens with zero attached hydrogens (tertiary/aromatic N) is 1. The number of para-hydroxylation sites is 1. The van der Waals surface area contributed by atoms with Crippen LogP contribution < -0.4 is 10.6 Å². The number of thiophene rings is 1. The van der Waals surface area contributed by atoms with Crippen molar-refractivity contribution in [2.45, 2.75) is 19.9 Å². The molecular formula is C24H27N3O2S. The van der Waals surface area contributed by atoms with Gasteiger partial charge < -0.3 is 10.6 Å². The van der Waals surface area contributed by atoms with Crippen molar-refractivity contribution in [3.05, 3.63) is 88.1 Å². The van der Waals surface area contributed by atoms with Gasteiger partial charge in [-0.05, 0) is 42.2 Å². The molecule has 6 heteroatoms. The number of rotatable bonds is 9. The van der Waals surface area contributed by atoms with Crippen molar-refractivity contribution in [2.75, 3.05) is 25.0 Å².